The van der Waals surface area contributed by atoms with Gasteiger partial charge in [0, 0.05) is 17.8 Å². The van der Waals surface area contributed by atoms with Gasteiger partial charge in [0.25, 0.3) is 0 Å². The van der Waals surface area contributed by atoms with E-state index in [1.807, 2.05) is 0 Å². The lowest BCUT2D eigenvalue weighted by molar-refractivity contribution is -0.119. The van der Waals surface area contributed by atoms with Crippen LogP contribution in [0, 0.1) is 12.8 Å². The summed E-state index contributed by atoms with van der Waals surface area (Å²) in [5, 5.41) is 0. The van der Waals surface area contributed by atoms with Crippen LogP contribution in [-0.4, -0.2) is 5.78 Å². The summed E-state index contributed by atoms with van der Waals surface area (Å²) >= 11 is 0. The van der Waals surface area contributed by atoms with Crippen molar-refractivity contribution < 1.29 is 4.79 Å². The van der Waals surface area contributed by atoms with Gasteiger partial charge >= 0.3 is 0 Å². The van der Waals surface area contributed by atoms with E-state index in [4.69, 9.17) is 0 Å². The van der Waals surface area contributed by atoms with Crippen LogP contribution in [0.4, 0.5) is 0 Å². The van der Waals surface area contributed by atoms with Crippen molar-refractivity contribution in [1.29, 1.82) is 0 Å². The number of rotatable bonds is 1. The summed E-state index contributed by atoms with van der Waals surface area (Å²) < 4.78 is 0. The zero-order valence-electron chi connectivity index (χ0n) is 8.42. The summed E-state index contributed by atoms with van der Waals surface area (Å²) in [5.41, 5.74) is 2.97. The van der Waals surface area contributed by atoms with E-state index >= 15 is 0 Å². The molecule has 0 radical (unpaired) electrons. The highest BCUT2D eigenvalue weighted by Crippen LogP contribution is 2.62. The van der Waals surface area contributed by atoms with Crippen molar-refractivity contribution in [3.63, 3.8) is 0 Å². The number of aryl methyl sites for hydroxylation is 1. The van der Waals surface area contributed by atoms with Crippen LogP contribution in [0.2, 0.25) is 0 Å². The van der Waals surface area contributed by atoms with Crippen LogP contribution in [0.3, 0.4) is 0 Å². The summed E-state index contributed by atoms with van der Waals surface area (Å²) in [7, 11) is 0. The molecule has 0 bridgehead atoms. The van der Waals surface area contributed by atoms with Crippen LogP contribution >= 0.6 is 0 Å². The third-order valence-electron chi connectivity index (χ3n) is 3.87. The summed E-state index contributed by atoms with van der Waals surface area (Å²) in [5.74, 6) is 0.857. The maximum atomic E-state index is 11.5. The molecule has 0 amide bonds. The Morgan fingerprint density at radius 1 is 1.43 bits per heavy atom. The first-order chi connectivity index (χ1) is 6.72. The second-order valence-electron chi connectivity index (χ2n) is 4.75. The predicted octanol–water partition coefficient (Wildman–Crippen LogP) is 2.62. The molecule has 0 spiro atoms. The molecule has 3 rings (SSSR count). The standard InChI is InChI=1S/C13H14O/c1-9-3-2-4-10(7-9)13-6-5-12(14)11(13)8-13/h2-4,7,11H,5-6,8H2,1H3/t11-,13-/m1/s1. The molecule has 2 aliphatic carbocycles. The molecule has 2 atom stereocenters. The fourth-order valence-corrected chi connectivity index (χ4v) is 2.94. The number of carbonyl (C=O) groups excluding carboxylic acids is 1. The SMILES string of the molecule is Cc1cccc([C@]23CCC(=O)[C@H]2C3)c1. The smallest absolute Gasteiger partial charge is 0.136 e. The lowest BCUT2D eigenvalue weighted by Crippen LogP contribution is -2.05. The number of hydrogen-bond donors (Lipinski definition) is 0. The molecular formula is C13H14O. The molecule has 2 saturated carbocycles. The van der Waals surface area contributed by atoms with Gasteiger partial charge in [-0.15, -0.1) is 0 Å². The molecule has 1 aromatic rings. The largest absolute Gasteiger partial charge is 0.299 e. The lowest BCUT2D eigenvalue weighted by atomic mass is 9.92. The fraction of sp³-hybridized carbons (Fsp3) is 0.462. The van der Waals surface area contributed by atoms with E-state index in [9.17, 15) is 4.79 Å². The summed E-state index contributed by atoms with van der Waals surface area (Å²) in [4.78, 5) is 11.5. The van der Waals surface area contributed by atoms with Gasteiger partial charge in [-0.25, -0.2) is 0 Å². The van der Waals surface area contributed by atoms with E-state index in [1.54, 1.807) is 0 Å². The molecule has 0 aromatic heterocycles. The normalized spacial score (nSPS) is 34.4. The molecule has 0 aliphatic heterocycles. The molecule has 1 aromatic carbocycles. The van der Waals surface area contributed by atoms with Crippen LogP contribution < -0.4 is 0 Å². The highest BCUT2D eigenvalue weighted by Gasteiger charge is 2.62. The molecule has 2 aliphatic rings. The van der Waals surface area contributed by atoms with Gasteiger partial charge in [0.1, 0.15) is 5.78 Å². The first kappa shape index (κ1) is 8.22. The second-order valence-corrected chi connectivity index (χ2v) is 4.75. The van der Waals surface area contributed by atoms with Gasteiger partial charge in [0.2, 0.25) is 0 Å². The topological polar surface area (TPSA) is 17.1 Å². The third kappa shape index (κ3) is 0.927. The number of fused-ring (bicyclic) bond motifs is 1. The Balaban J connectivity index is 2.01. The van der Waals surface area contributed by atoms with Crippen molar-refractivity contribution in [1.82, 2.24) is 0 Å². The van der Waals surface area contributed by atoms with Crippen molar-refractivity contribution in [2.45, 2.75) is 31.6 Å². The number of carbonyl (C=O) groups is 1. The first-order valence-corrected chi connectivity index (χ1v) is 5.32. The average Bonchev–Trinajstić information content (AvgIpc) is 2.83. The minimum Gasteiger partial charge on any atom is -0.299 e. The van der Waals surface area contributed by atoms with E-state index in [0.717, 1.165) is 19.3 Å². The third-order valence-corrected chi connectivity index (χ3v) is 3.87. The number of Topliss-reactive ketones (excluding diaryl/α,β-unsaturated/α-hetero) is 1. The Morgan fingerprint density at radius 3 is 2.86 bits per heavy atom. The molecular weight excluding hydrogens is 172 g/mol. The molecule has 2 fully saturated rings. The molecule has 0 heterocycles. The maximum Gasteiger partial charge on any atom is 0.136 e. The number of ketones is 1. The Bertz CT molecular complexity index is 407. The zero-order chi connectivity index (χ0) is 9.76. The second kappa shape index (κ2) is 2.47. The average molecular weight is 186 g/mol. The van der Waals surface area contributed by atoms with Crippen molar-refractivity contribution >= 4 is 5.78 Å². The van der Waals surface area contributed by atoms with Crippen molar-refractivity contribution in [3.8, 4) is 0 Å². The maximum absolute atomic E-state index is 11.5. The van der Waals surface area contributed by atoms with Gasteiger partial charge in [-0.05, 0) is 25.3 Å². The molecule has 72 valence electrons. The van der Waals surface area contributed by atoms with E-state index in [0.29, 0.717) is 11.7 Å². The van der Waals surface area contributed by atoms with Gasteiger partial charge in [-0.1, -0.05) is 29.8 Å². The molecule has 1 heteroatoms. The Kier molecular flexibility index (Phi) is 1.45. The fourth-order valence-electron chi connectivity index (χ4n) is 2.94. The zero-order valence-corrected chi connectivity index (χ0v) is 8.42. The van der Waals surface area contributed by atoms with E-state index in [-0.39, 0.29) is 5.41 Å². The predicted molar refractivity (Wildman–Crippen MR) is 55.2 cm³/mol. The van der Waals surface area contributed by atoms with Gasteiger partial charge in [0.15, 0.2) is 0 Å². The van der Waals surface area contributed by atoms with Crippen LogP contribution in [0.5, 0.6) is 0 Å². The molecule has 0 N–H and O–H groups in total. The quantitative estimate of drug-likeness (QED) is 0.659. The highest BCUT2D eigenvalue weighted by molar-refractivity contribution is 5.89. The number of hydrogen-bond acceptors (Lipinski definition) is 1. The molecule has 14 heavy (non-hydrogen) atoms. The minimum atomic E-state index is 0.267. The monoisotopic (exact) mass is 186 g/mol. The van der Waals surface area contributed by atoms with Gasteiger partial charge in [-0.3, -0.25) is 4.79 Å². The molecule has 0 unspecified atom stereocenters. The van der Waals surface area contributed by atoms with Gasteiger partial charge in [0.05, 0.1) is 0 Å². The van der Waals surface area contributed by atoms with E-state index in [2.05, 4.69) is 31.2 Å². The Hall–Kier alpha value is -1.11. The highest BCUT2D eigenvalue weighted by atomic mass is 16.1. The van der Waals surface area contributed by atoms with Crippen LogP contribution in [0.1, 0.15) is 30.4 Å². The van der Waals surface area contributed by atoms with E-state index in [1.165, 1.54) is 11.1 Å². The summed E-state index contributed by atoms with van der Waals surface area (Å²) in [6.45, 7) is 2.12. The first-order valence-electron chi connectivity index (χ1n) is 5.32. The van der Waals surface area contributed by atoms with Crippen molar-refractivity contribution in [3.05, 3.63) is 35.4 Å². The van der Waals surface area contributed by atoms with Crippen LogP contribution in [-0.2, 0) is 10.2 Å². The summed E-state index contributed by atoms with van der Waals surface area (Å²) in [6, 6.07) is 8.66. The van der Waals surface area contributed by atoms with Crippen LogP contribution in [0.15, 0.2) is 24.3 Å². The van der Waals surface area contributed by atoms with Crippen molar-refractivity contribution in [2.75, 3.05) is 0 Å². The Labute approximate surface area is 84.1 Å². The number of benzene rings is 1. The van der Waals surface area contributed by atoms with Crippen LogP contribution in [0.25, 0.3) is 0 Å². The van der Waals surface area contributed by atoms with Gasteiger partial charge in [-0.2, -0.15) is 0 Å². The molecule has 1 nitrogen and oxygen atoms in total. The van der Waals surface area contributed by atoms with E-state index < -0.39 is 0 Å². The minimum absolute atomic E-state index is 0.267. The van der Waals surface area contributed by atoms with Gasteiger partial charge < -0.3 is 0 Å². The van der Waals surface area contributed by atoms with Crippen molar-refractivity contribution in [2.24, 2.45) is 5.92 Å². The Morgan fingerprint density at radius 2 is 2.29 bits per heavy atom. The molecule has 0 saturated heterocycles. The summed E-state index contributed by atoms with van der Waals surface area (Å²) in [6.07, 6.45) is 2.99. The lowest BCUT2D eigenvalue weighted by Gasteiger charge is -2.11.